The Morgan fingerprint density at radius 3 is 1.77 bits per heavy atom. The zero-order valence-electron chi connectivity index (χ0n) is 10.1. The van der Waals surface area contributed by atoms with Crippen LogP contribution >= 0.6 is 0 Å². The Morgan fingerprint density at radius 2 is 1.46 bits per heavy atom. The maximum atomic E-state index is 6.11. The Labute approximate surface area is 84.1 Å². The monoisotopic (exact) mass is 185 g/mol. The van der Waals surface area contributed by atoms with E-state index in [-0.39, 0.29) is 5.41 Å². The third-order valence-corrected chi connectivity index (χ3v) is 3.15. The summed E-state index contributed by atoms with van der Waals surface area (Å²) in [5, 5.41) is 0. The van der Waals surface area contributed by atoms with Gasteiger partial charge in [-0.1, -0.05) is 47.5 Å². The van der Waals surface area contributed by atoms with Gasteiger partial charge >= 0.3 is 0 Å². The Hall–Kier alpha value is -0.0400. The summed E-state index contributed by atoms with van der Waals surface area (Å²) in [6.07, 6.45) is 5.07. The third kappa shape index (κ3) is 5.30. The van der Waals surface area contributed by atoms with Crippen molar-refractivity contribution in [2.45, 2.75) is 66.3 Å². The molecule has 0 saturated carbocycles. The topological polar surface area (TPSA) is 26.0 Å². The molecule has 0 radical (unpaired) electrons. The van der Waals surface area contributed by atoms with E-state index in [0.29, 0.717) is 6.04 Å². The van der Waals surface area contributed by atoms with Gasteiger partial charge in [0.1, 0.15) is 0 Å². The van der Waals surface area contributed by atoms with Crippen LogP contribution in [-0.4, -0.2) is 6.04 Å². The van der Waals surface area contributed by atoms with Gasteiger partial charge < -0.3 is 5.73 Å². The van der Waals surface area contributed by atoms with Crippen molar-refractivity contribution in [2.75, 3.05) is 0 Å². The van der Waals surface area contributed by atoms with Gasteiger partial charge in [-0.2, -0.15) is 0 Å². The molecule has 80 valence electrons. The lowest BCUT2D eigenvalue weighted by molar-refractivity contribution is 0.281. The Morgan fingerprint density at radius 1 is 1.00 bits per heavy atom. The highest BCUT2D eigenvalue weighted by atomic mass is 14.7. The Bertz CT molecular complexity index is 120. The van der Waals surface area contributed by atoms with Gasteiger partial charge in [0.05, 0.1) is 0 Å². The fourth-order valence-corrected chi connectivity index (χ4v) is 1.55. The predicted molar refractivity (Wildman–Crippen MR) is 60.7 cm³/mol. The maximum absolute atomic E-state index is 6.11. The minimum Gasteiger partial charge on any atom is -0.327 e. The zero-order chi connectivity index (χ0) is 10.5. The minimum atomic E-state index is 0.270. The average Bonchev–Trinajstić information content (AvgIpc) is 2.04. The molecule has 0 rings (SSSR count). The molecule has 0 aliphatic rings. The quantitative estimate of drug-likeness (QED) is 0.696. The van der Waals surface area contributed by atoms with Crippen LogP contribution < -0.4 is 5.73 Å². The van der Waals surface area contributed by atoms with Crippen molar-refractivity contribution in [3.05, 3.63) is 0 Å². The van der Waals surface area contributed by atoms with Crippen LogP contribution in [0.5, 0.6) is 0 Å². The highest BCUT2D eigenvalue weighted by Gasteiger charge is 2.20. The molecule has 1 unspecified atom stereocenters. The summed E-state index contributed by atoms with van der Waals surface area (Å²) in [6.45, 7) is 11.2. The van der Waals surface area contributed by atoms with E-state index in [1.165, 1.54) is 25.7 Å². The second-order valence-corrected chi connectivity index (χ2v) is 5.23. The molecule has 0 aliphatic carbocycles. The van der Waals surface area contributed by atoms with E-state index in [2.05, 4.69) is 34.6 Å². The molecule has 1 atom stereocenters. The second kappa shape index (κ2) is 5.64. The van der Waals surface area contributed by atoms with Crippen LogP contribution in [0.1, 0.15) is 60.3 Å². The number of rotatable bonds is 5. The van der Waals surface area contributed by atoms with E-state index in [9.17, 15) is 0 Å². The second-order valence-electron chi connectivity index (χ2n) is 5.23. The van der Waals surface area contributed by atoms with Gasteiger partial charge in [0.25, 0.3) is 0 Å². The van der Waals surface area contributed by atoms with Crippen LogP contribution in [0.3, 0.4) is 0 Å². The van der Waals surface area contributed by atoms with Crippen molar-refractivity contribution in [2.24, 2.45) is 17.1 Å². The van der Waals surface area contributed by atoms with Gasteiger partial charge in [0.2, 0.25) is 0 Å². The predicted octanol–water partition coefficient (Wildman–Crippen LogP) is 3.58. The van der Waals surface area contributed by atoms with Crippen molar-refractivity contribution in [1.82, 2.24) is 0 Å². The fourth-order valence-electron chi connectivity index (χ4n) is 1.55. The summed E-state index contributed by atoms with van der Waals surface area (Å²) >= 11 is 0. The van der Waals surface area contributed by atoms with Crippen LogP contribution in [-0.2, 0) is 0 Å². The molecule has 0 aromatic carbocycles. The van der Waals surface area contributed by atoms with Crippen molar-refractivity contribution in [1.29, 1.82) is 0 Å². The maximum Gasteiger partial charge on any atom is 0.00877 e. The Kier molecular flexibility index (Phi) is 5.62. The first-order valence-corrected chi connectivity index (χ1v) is 5.67. The first-order valence-electron chi connectivity index (χ1n) is 5.67. The lowest BCUT2D eigenvalue weighted by Crippen LogP contribution is -2.35. The molecular formula is C12H27N. The fraction of sp³-hybridized carbons (Fsp3) is 1.00. The van der Waals surface area contributed by atoms with Gasteiger partial charge in [0, 0.05) is 6.04 Å². The first-order chi connectivity index (χ1) is 5.91. The van der Waals surface area contributed by atoms with Crippen LogP contribution in [0.15, 0.2) is 0 Å². The molecule has 1 heteroatoms. The SMILES string of the molecule is CCC(CC)CCC(N)C(C)(C)C. The lowest BCUT2D eigenvalue weighted by atomic mass is 9.82. The van der Waals surface area contributed by atoms with E-state index in [1.54, 1.807) is 0 Å². The average molecular weight is 185 g/mol. The summed E-state index contributed by atoms with van der Waals surface area (Å²) in [6, 6.07) is 0.355. The van der Waals surface area contributed by atoms with Crippen molar-refractivity contribution < 1.29 is 0 Å². The van der Waals surface area contributed by atoms with Crippen LogP contribution in [0.25, 0.3) is 0 Å². The summed E-state index contributed by atoms with van der Waals surface area (Å²) in [5.41, 5.74) is 6.38. The van der Waals surface area contributed by atoms with Gasteiger partial charge in [-0.15, -0.1) is 0 Å². The van der Waals surface area contributed by atoms with Gasteiger partial charge in [-0.25, -0.2) is 0 Å². The number of nitrogens with two attached hydrogens (primary N) is 1. The number of hydrogen-bond donors (Lipinski definition) is 1. The molecule has 0 amide bonds. The van der Waals surface area contributed by atoms with E-state index in [0.717, 1.165) is 5.92 Å². The number of hydrogen-bond acceptors (Lipinski definition) is 1. The highest BCUT2D eigenvalue weighted by molar-refractivity contribution is 4.77. The molecule has 1 nitrogen and oxygen atoms in total. The van der Waals surface area contributed by atoms with E-state index < -0.39 is 0 Å². The molecule has 0 saturated heterocycles. The zero-order valence-corrected chi connectivity index (χ0v) is 10.1. The molecule has 2 N–H and O–H groups in total. The van der Waals surface area contributed by atoms with Crippen LogP contribution in [0, 0.1) is 11.3 Å². The van der Waals surface area contributed by atoms with Crippen LogP contribution in [0.4, 0.5) is 0 Å². The highest BCUT2D eigenvalue weighted by Crippen LogP contribution is 2.24. The van der Waals surface area contributed by atoms with Gasteiger partial charge in [-0.3, -0.25) is 0 Å². The Balaban J connectivity index is 3.75. The largest absolute Gasteiger partial charge is 0.327 e. The summed E-state index contributed by atoms with van der Waals surface area (Å²) in [5.74, 6) is 0.883. The molecule has 13 heavy (non-hydrogen) atoms. The molecule has 0 aromatic rings. The van der Waals surface area contributed by atoms with Crippen molar-refractivity contribution in [3.63, 3.8) is 0 Å². The van der Waals surface area contributed by atoms with Crippen molar-refractivity contribution in [3.8, 4) is 0 Å². The summed E-state index contributed by atoms with van der Waals surface area (Å²) in [7, 11) is 0. The molecule has 0 fully saturated rings. The summed E-state index contributed by atoms with van der Waals surface area (Å²) in [4.78, 5) is 0. The minimum absolute atomic E-state index is 0.270. The van der Waals surface area contributed by atoms with Gasteiger partial charge in [-0.05, 0) is 24.2 Å². The van der Waals surface area contributed by atoms with E-state index in [1.807, 2.05) is 0 Å². The third-order valence-electron chi connectivity index (χ3n) is 3.15. The van der Waals surface area contributed by atoms with Crippen molar-refractivity contribution >= 4 is 0 Å². The van der Waals surface area contributed by atoms with E-state index >= 15 is 0 Å². The first kappa shape index (κ1) is 13.0. The van der Waals surface area contributed by atoms with E-state index in [4.69, 9.17) is 5.73 Å². The molecule has 0 aliphatic heterocycles. The molecule has 0 bridgehead atoms. The standard InChI is InChI=1S/C12H27N/c1-6-10(7-2)8-9-11(13)12(3,4)5/h10-11H,6-9,13H2,1-5H3. The molecular weight excluding hydrogens is 158 g/mol. The summed E-state index contributed by atoms with van der Waals surface area (Å²) < 4.78 is 0. The smallest absolute Gasteiger partial charge is 0.00877 e. The molecule has 0 heterocycles. The normalized spacial score (nSPS) is 15.0. The lowest BCUT2D eigenvalue weighted by Gasteiger charge is -2.28. The molecule has 0 spiro atoms. The van der Waals surface area contributed by atoms with Gasteiger partial charge in [0.15, 0.2) is 0 Å². The molecule has 0 aromatic heterocycles. The van der Waals surface area contributed by atoms with Crippen LogP contribution in [0.2, 0.25) is 0 Å².